The van der Waals surface area contributed by atoms with Gasteiger partial charge in [-0.25, -0.2) is 4.79 Å². The molecular formula is C16H27N3O. The monoisotopic (exact) mass is 277 g/mol. The van der Waals surface area contributed by atoms with Crippen LogP contribution in [0.4, 0.5) is 10.5 Å². The molecular weight excluding hydrogens is 250 g/mol. The Balaban J connectivity index is 2.46. The summed E-state index contributed by atoms with van der Waals surface area (Å²) in [6.07, 6.45) is 0. The molecule has 0 aliphatic carbocycles. The third kappa shape index (κ3) is 5.21. The summed E-state index contributed by atoms with van der Waals surface area (Å²) in [4.78, 5) is 11.9. The molecule has 0 aliphatic heterocycles. The van der Waals surface area contributed by atoms with E-state index in [0.717, 1.165) is 11.3 Å². The lowest BCUT2D eigenvalue weighted by molar-refractivity contribution is 0.239. The minimum absolute atomic E-state index is 0.156. The molecule has 0 saturated carbocycles. The van der Waals surface area contributed by atoms with Gasteiger partial charge in [-0.1, -0.05) is 39.8 Å². The van der Waals surface area contributed by atoms with E-state index in [1.165, 1.54) is 0 Å². The Morgan fingerprint density at radius 2 is 1.65 bits per heavy atom. The molecule has 1 aromatic carbocycles. The average Bonchev–Trinajstić information content (AvgIpc) is 2.39. The van der Waals surface area contributed by atoms with Gasteiger partial charge < -0.3 is 16.4 Å². The highest BCUT2D eigenvalue weighted by Gasteiger charge is 2.18. The van der Waals surface area contributed by atoms with Crippen molar-refractivity contribution in [3.8, 4) is 0 Å². The topological polar surface area (TPSA) is 67.2 Å². The van der Waals surface area contributed by atoms with Crippen molar-refractivity contribution in [3.05, 3.63) is 29.8 Å². The molecule has 0 fully saturated rings. The molecule has 0 saturated heterocycles. The number of urea groups is 1. The van der Waals surface area contributed by atoms with Crippen molar-refractivity contribution in [2.45, 2.75) is 34.2 Å². The molecule has 0 heterocycles. The molecule has 0 aliphatic rings. The smallest absolute Gasteiger partial charge is 0.319 e. The van der Waals surface area contributed by atoms with Crippen molar-refractivity contribution in [1.29, 1.82) is 0 Å². The van der Waals surface area contributed by atoms with Gasteiger partial charge in [0.2, 0.25) is 0 Å². The Morgan fingerprint density at radius 3 is 2.10 bits per heavy atom. The first-order chi connectivity index (χ1) is 9.43. The largest absolute Gasteiger partial charge is 0.338 e. The Bertz CT molecular complexity index is 404. The number of rotatable bonds is 6. The maximum atomic E-state index is 11.9. The van der Waals surface area contributed by atoms with Gasteiger partial charge in [0.1, 0.15) is 0 Å². The van der Waals surface area contributed by atoms with Crippen LogP contribution in [0.1, 0.15) is 33.3 Å². The van der Waals surface area contributed by atoms with Crippen LogP contribution in [0, 0.1) is 17.8 Å². The highest BCUT2D eigenvalue weighted by molar-refractivity contribution is 5.89. The summed E-state index contributed by atoms with van der Waals surface area (Å²) in [6.45, 7) is 9.97. The number of hydrogen-bond donors (Lipinski definition) is 3. The summed E-state index contributed by atoms with van der Waals surface area (Å²) in [5, 5.41) is 5.78. The first kappa shape index (κ1) is 16.5. The van der Waals surface area contributed by atoms with Gasteiger partial charge in [-0.2, -0.15) is 0 Å². The highest BCUT2D eigenvalue weighted by Crippen LogP contribution is 2.19. The molecule has 0 atom stereocenters. The molecule has 4 nitrogen and oxygen atoms in total. The first-order valence-corrected chi connectivity index (χ1v) is 7.28. The number of amides is 2. The quantitative estimate of drug-likeness (QED) is 0.747. The SMILES string of the molecule is CC(C)C(CNC(=O)Nc1ccc(CN)cc1)C(C)C. The summed E-state index contributed by atoms with van der Waals surface area (Å²) in [5.74, 6) is 1.60. The molecule has 0 bridgehead atoms. The summed E-state index contributed by atoms with van der Waals surface area (Å²) < 4.78 is 0. The zero-order valence-corrected chi connectivity index (χ0v) is 12.9. The fraction of sp³-hybridized carbons (Fsp3) is 0.562. The molecule has 20 heavy (non-hydrogen) atoms. The van der Waals surface area contributed by atoms with Crippen molar-refractivity contribution in [2.24, 2.45) is 23.5 Å². The Labute approximate surface area is 122 Å². The van der Waals surface area contributed by atoms with Crippen LogP contribution >= 0.6 is 0 Å². The predicted molar refractivity (Wildman–Crippen MR) is 84.5 cm³/mol. The minimum atomic E-state index is -0.156. The summed E-state index contributed by atoms with van der Waals surface area (Å²) in [6, 6.07) is 7.41. The Kier molecular flexibility index (Phi) is 6.52. The van der Waals surface area contributed by atoms with Crippen LogP contribution in [-0.4, -0.2) is 12.6 Å². The van der Waals surface area contributed by atoms with Crippen LogP contribution in [0.15, 0.2) is 24.3 Å². The highest BCUT2D eigenvalue weighted by atomic mass is 16.2. The summed E-state index contributed by atoms with van der Waals surface area (Å²) in [5.41, 5.74) is 7.37. The second kappa shape index (κ2) is 7.90. The van der Waals surface area contributed by atoms with E-state index in [1.807, 2.05) is 24.3 Å². The number of carbonyl (C=O) groups is 1. The van der Waals surface area contributed by atoms with Crippen LogP contribution in [0.25, 0.3) is 0 Å². The van der Waals surface area contributed by atoms with Gasteiger partial charge in [0.05, 0.1) is 0 Å². The Hall–Kier alpha value is -1.55. The van der Waals surface area contributed by atoms with Crippen molar-refractivity contribution < 1.29 is 4.79 Å². The zero-order valence-electron chi connectivity index (χ0n) is 12.9. The van der Waals surface area contributed by atoms with E-state index in [4.69, 9.17) is 5.73 Å². The normalized spacial score (nSPS) is 11.2. The van der Waals surface area contributed by atoms with Crippen molar-refractivity contribution in [2.75, 3.05) is 11.9 Å². The van der Waals surface area contributed by atoms with E-state index in [-0.39, 0.29) is 6.03 Å². The maximum Gasteiger partial charge on any atom is 0.319 e. The minimum Gasteiger partial charge on any atom is -0.338 e. The molecule has 0 aromatic heterocycles. The second-order valence-electron chi connectivity index (χ2n) is 5.89. The number of hydrogen-bond acceptors (Lipinski definition) is 2. The van der Waals surface area contributed by atoms with E-state index < -0.39 is 0 Å². The van der Waals surface area contributed by atoms with Crippen molar-refractivity contribution >= 4 is 11.7 Å². The third-order valence-corrected chi connectivity index (χ3v) is 3.66. The zero-order chi connectivity index (χ0) is 15.1. The van der Waals surface area contributed by atoms with Gasteiger partial charge in [0, 0.05) is 18.8 Å². The Morgan fingerprint density at radius 1 is 1.10 bits per heavy atom. The molecule has 4 N–H and O–H groups in total. The van der Waals surface area contributed by atoms with Crippen molar-refractivity contribution in [3.63, 3.8) is 0 Å². The molecule has 1 rings (SSSR count). The van der Waals surface area contributed by atoms with Crippen LogP contribution in [0.2, 0.25) is 0 Å². The molecule has 112 valence electrons. The second-order valence-corrected chi connectivity index (χ2v) is 5.89. The number of anilines is 1. The molecule has 0 radical (unpaired) electrons. The standard InChI is InChI=1S/C16H27N3O/c1-11(2)15(12(3)4)10-18-16(20)19-14-7-5-13(9-17)6-8-14/h5-8,11-12,15H,9-10,17H2,1-4H3,(H2,18,19,20). The lowest BCUT2D eigenvalue weighted by Gasteiger charge is -2.25. The maximum absolute atomic E-state index is 11.9. The predicted octanol–water partition coefficient (Wildman–Crippen LogP) is 3.20. The molecule has 1 aromatic rings. The van der Waals surface area contributed by atoms with Crippen molar-refractivity contribution in [1.82, 2.24) is 5.32 Å². The van der Waals surface area contributed by atoms with Gasteiger partial charge in [-0.05, 0) is 35.4 Å². The van der Waals surface area contributed by atoms with Gasteiger partial charge in [-0.3, -0.25) is 0 Å². The summed E-state index contributed by atoms with van der Waals surface area (Å²) in [7, 11) is 0. The van der Waals surface area contributed by atoms with Crippen LogP contribution in [0.3, 0.4) is 0 Å². The average molecular weight is 277 g/mol. The fourth-order valence-electron chi connectivity index (χ4n) is 2.35. The number of nitrogens with one attached hydrogen (secondary N) is 2. The lowest BCUT2D eigenvalue weighted by atomic mass is 9.85. The number of nitrogens with two attached hydrogens (primary N) is 1. The lowest BCUT2D eigenvalue weighted by Crippen LogP contribution is -2.36. The first-order valence-electron chi connectivity index (χ1n) is 7.28. The third-order valence-electron chi connectivity index (χ3n) is 3.66. The molecule has 0 unspecified atom stereocenters. The molecule has 0 spiro atoms. The van der Waals surface area contributed by atoms with E-state index in [0.29, 0.717) is 30.8 Å². The van der Waals surface area contributed by atoms with Gasteiger partial charge in [0.25, 0.3) is 0 Å². The van der Waals surface area contributed by atoms with Crippen LogP contribution in [0.5, 0.6) is 0 Å². The van der Waals surface area contributed by atoms with Gasteiger partial charge >= 0.3 is 6.03 Å². The molecule has 2 amide bonds. The molecule has 4 heteroatoms. The van der Waals surface area contributed by atoms with Gasteiger partial charge in [0.15, 0.2) is 0 Å². The van der Waals surface area contributed by atoms with Crippen LogP contribution < -0.4 is 16.4 Å². The van der Waals surface area contributed by atoms with E-state index >= 15 is 0 Å². The summed E-state index contributed by atoms with van der Waals surface area (Å²) >= 11 is 0. The fourth-order valence-corrected chi connectivity index (χ4v) is 2.35. The number of carbonyl (C=O) groups excluding carboxylic acids is 1. The van der Waals surface area contributed by atoms with Crippen LogP contribution in [-0.2, 0) is 6.54 Å². The number of benzene rings is 1. The van der Waals surface area contributed by atoms with Gasteiger partial charge in [-0.15, -0.1) is 0 Å². The van der Waals surface area contributed by atoms with E-state index in [2.05, 4.69) is 38.3 Å². The van der Waals surface area contributed by atoms with E-state index in [1.54, 1.807) is 0 Å². The van der Waals surface area contributed by atoms with E-state index in [9.17, 15) is 4.79 Å².